The summed E-state index contributed by atoms with van der Waals surface area (Å²) in [4.78, 5) is 17.4. The second-order valence-electron chi connectivity index (χ2n) is 7.29. The van der Waals surface area contributed by atoms with Crippen LogP contribution in [0.15, 0.2) is 66.7 Å². The van der Waals surface area contributed by atoms with Gasteiger partial charge >= 0.3 is 0 Å². The molecule has 1 N–H and O–H groups in total. The Morgan fingerprint density at radius 2 is 1.70 bits per heavy atom. The van der Waals surface area contributed by atoms with Crippen molar-refractivity contribution < 1.29 is 4.79 Å². The molecule has 0 saturated heterocycles. The van der Waals surface area contributed by atoms with Crippen LogP contribution in [0.25, 0.3) is 17.1 Å². The molecular formula is C24H21ClN4O. The molecule has 0 unspecified atom stereocenters. The number of anilines is 1. The van der Waals surface area contributed by atoms with Crippen molar-refractivity contribution in [3.63, 3.8) is 0 Å². The number of nitrogens with one attached hydrogen (secondary N) is 1. The molecule has 0 aliphatic rings. The molecule has 0 radical (unpaired) electrons. The summed E-state index contributed by atoms with van der Waals surface area (Å²) in [6.45, 7) is 5.93. The topological polar surface area (TPSA) is 59.8 Å². The molecule has 0 aliphatic carbocycles. The fourth-order valence-corrected chi connectivity index (χ4v) is 3.28. The van der Waals surface area contributed by atoms with E-state index < -0.39 is 0 Å². The molecule has 1 aromatic heterocycles. The number of carbonyl (C=O) groups excluding carboxylic acids is 1. The van der Waals surface area contributed by atoms with Gasteiger partial charge in [-0.25, -0.2) is 9.67 Å². The van der Waals surface area contributed by atoms with Crippen LogP contribution in [0.4, 0.5) is 5.69 Å². The first-order chi connectivity index (χ1) is 14.4. The van der Waals surface area contributed by atoms with Crippen LogP contribution in [-0.2, 0) is 0 Å². The number of aryl methyl sites for hydroxylation is 3. The summed E-state index contributed by atoms with van der Waals surface area (Å²) in [5, 5.41) is 8.00. The molecule has 0 aliphatic heterocycles. The van der Waals surface area contributed by atoms with Gasteiger partial charge in [0.25, 0.3) is 5.91 Å². The molecule has 4 rings (SSSR count). The summed E-state index contributed by atoms with van der Waals surface area (Å²) in [5.41, 5.74) is 5.46. The number of hydrogen-bond acceptors (Lipinski definition) is 3. The van der Waals surface area contributed by atoms with Crippen LogP contribution < -0.4 is 5.32 Å². The Bertz CT molecular complexity index is 1230. The quantitative estimate of drug-likeness (QED) is 0.459. The van der Waals surface area contributed by atoms with Crippen molar-refractivity contribution in [3.8, 4) is 17.1 Å². The fraction of sp³-hybridized carbons (Fsp3) is 0.125. The van der Waals surface area contributed by atoms with Crippen molar-refractivity contribution in [1.82, 2.24) is 14.8 Å². The first-order valence-electron chi connectivity index (χ1n) is 9.59. The van der Waals surface area contributed by atoms with Crippen molar-refractivity contribution in [3.05, 3.63) is 94.3 Å². The maximum atomic E-state index is 12.9. The number of benzene rings is 3. The molecule has 150 valence electrons. The van der Waals surface area contributed by atoms with Crippen LogP contribution in [-0.4, -0.2) is 20.7 Å². The summed E-state index contributed by atoms with van der Waals surface area (Å²) >= 11 is 6.33. The number of rotatable bonds is 4. The minimum Gasteiger partial charge on any atom is -0.319 e. The second-order valence-corrected chi connectivity index (χ2v) is 7.70. The van der Waals surface area contributed by atoms with Crippen molar-refractivity contribution >= 4 is 23.2 Å². The normalized spacial score (nSPS) is 10.8. The van der Waals surface area contributed by atoms with Gasteiger partial charge < -0.3 is 5.32 Å². The van der Waals surface area contributed by atoms with E-state index in [1.54, 1.807) is 4.68 Å². The molecule has 4 aromatic rings. The van der Waals surface area contributed by atoms with E-state index in [4.69, 9.17) is 11.6 Å². The van der Waals surface area contributed by atoms with Gasteiger partial charge in [-0.1, -0.05) is 59.6 Å². The second kappa shape index (κ2) is 8.13. The van der Waals surface area contributed by atoms with Gasteiger partial charge in [0.1, 0.15) is 0 Å². The lowest BCUT2D eigenvalue weighted by Gasteiger charge is -2.08. The van der Waals surface area contributed by atoms with E-state index in [-0.39, 0.29) is 11.7 Å². The molecular weight excluding hydrogens is 396 g/mol. The summed E-state index contributed by atoms with van der Waals surface area (Å²) in [6, 6.07) is 21.2. The van der Waals surface area contributed by atoms with Crippen molar-refractivity contribution in [2.24, 2.45) is 0 Å². The van der Waals surface area contributed by atoms with Crippen molar-refractivity contribution in [2.45, 2.75) is 20.8 Å². The number of amides is 1. The van der Waals surface area contributed by atoms with Crippen LogP contribution in [0.1, 0.15) is 27.3 Å². The minimum atomic E-state index is -0.370. The number of hydrogen-bond donors (Lipinski definition) is 1. The number of halogens is 1. The third-order valence-corrected chi connectivity index (χ3v) is 5.20. The van der Waals surface area contributed by atoms with E-state index in [0.717, 1.165) is 27.9 Å². The lowest BCUT2D eigenvalue weighted by atomic mass is 10.1. The van der Waals surface area contributed by atoms with E-state index in [0.29, 0.717) is 16.5 Å². The third kappa shape index (κ3) is 4.11. The highest BCUT2D eigenvalue weighted by Gasteiger charge is 2.19. The smallest absolute Gasteiger partial charge is 0.295 e. The van der Waals surface area contributed by atoms with Crippen molar-refractivity contribution in [2.75, 3.05) is 5.32 Å². The zero-order valence-electron chi connectivity index (χ0n) is 17.0. The van der Waals surface area contributed by atoms with Gasteiger partial charge in [0.2, 0.25) is 5.82 Å². The summed E-state index contributed by atoms with van der Waals surface area (Å²) in [5.74, 6) is 0.291. The molecule has 5 nitrogen and oxygen atoms in total. The van der Waals surface area contributed by atoms with Crippen LogP contribution >= 0.6 is 11.6 Å². The average molecular weight is 417 g/mol. The Kier molecular flexibility index (Phi) is 5.38. The zero-order valence-corrected chi connectivity index (χ0v) is 17.7. The number of carbonyl (C=O) groups is 1. The Labute approximate surface area is 180 Å². The molecule has 3 aromatic carbocycles. The predicted molar refractivity (Wildman–Crippen MR) is 120 cm³/mol. The largest absolute Gasteiger partial charge is 0.319 e. The highest BCUT2D eigenvalue weighted by atomic mass is 35.5. The summed E-state index contributed by atoms with van der Waals surface area (Å²) in [7, 11) is 0. The van der Waals surface area contributed by atoms with Gasteiger partial charge in [-0.3, -0.25) is 4.79 Å². The molecule has 30 heavy (non-hydrogen) atoms. The van der Waals surface area contributed by atoms with Gasteiger partial charge in [0.15, 0.2) is 5.82 Å². The van der Waals surface area contributed by atoms with Gasteiger partial charge in [0.05, 0.1) is 5.69 Å². The monoisotopic (exact) mass is 416 g/mol. The van der Waals surface area contributed by atoms with E-state index in [2.05, 4.69) is 15.4 Å². The molecule has 1 amide bonds. The molecule has 1 heterocycles. The Hall–Kier alpha value is -3.44. The van der Waals surface area contributed by atoms with Crippen molar-refractivity contribution in [1.29, 1.82) is 0 Å². The van der Waals surface area contributed by atoms with Gasteiger partial charge in [-0.15, -0.1) is 5.10 Å². The number of aromatic nitrogens is 3. The zero-order chi connectivity index (χ0) is 21.3. The van der Waals surface area contributed by atoms with Crippen LogP contribution in [0.2, 0.25) is 5.02 Å². The lowest BCUT2D eigenvalue weighted by Crippen LogP contribution is -2.14. The average Bonchev–Trinajstić information content (AvgIpc) is 3.16. The molecule has 0 bridgehead atoms. The van der Waals surface area contributed by atoms with Crippen LogP contribution in [0.5, 0.6) is 0 Å². The highest BCUT2D eigenvalue weighted by molar-refractivity contribution is 6.31. The van der Waals surface area contributed by atoms with Gasteiger partial charge in [0, 0.05) is 16.3 Å². The maximum absolute atomic E-state index is 12.9. The summed E-state index contributed by atoms with van der Waals surface area (Å²) in [6.07, 6.45) is 0. The lowest BCUT2D eigenvalue weighted by molar-refractivity contribution is 0.101. The van der Waals surface area contributed by atoms with E-state index >= 15 is 0 Å². The maximum Gasteiger partial charge on any atom is 0.295 e. The Morgan fingerprint density at radius 3 is 2.40 bits per heavy atom. The molecule has 0 fully saturated rings. The van der Waals surface area contributed by atoms with Gasteiger partial charge in [-0.05, 0) is 56.2 Å². The molecule has 6 heteroatoms. The third-order valence-electron chi connectivity index (χ3n) is 4.80. The van der Waals surface area contributed by atoms with E-state index in [1.165, 1.54) is 0 Å². The van der Waals surface area contributed by atoms with Gasteiger partial charge in [-0.2, -0.15) is 0 Å². The minimum absolute atomic E-state index is 0.0868. The molecule has 0 spiro atoms. The SMILES string of the molecule is Cc1ccc(-c2nc(C(=O)Nc3cccc(C)c3)nn2-c2ccc(C)c(Cl)c2)cc1. The highest BCUT2D eigenvalue weighted by Crippen LogP contribution is 2.25. The standard InChI is InChI=1S/C24H21ClN4O/c1-15-7-10-18(11-8-15)23-27-22(24(30)26-19-6-4-5-16(2)13-19)28-29(23)20-12-9-17(3)21(25)14-20/h4-14H,1-3H3,(H,26,30). The fourth-order valence-electron chi connectivity index (χ4n) is 3.10. The van der Waals surface area contributed by atoms with Crippen LogP contribution in [0, 0.1) is 20.8 Å². The summed E-state index contributed by atoms with van der Waals surface area (Å²) < 4.78 is 1.65. The predicted octanol–water partition coefficient (Wildman–Crippen LogP) is 5.77. The first-order valence-corrected chi connectivity index (χ1v) is 9.97. The van der Waals surface area contributed by atoms with Crippen LogP contribution in [0.3, 0.4) is 0 Å². The van der Waals surface area contributed by atoms with E-state index in [9.17, 15) is 4.79 Å². The van der Waals surface area contributed by atoms with E-state index in [1.807, 2.05) is 87.5 Å². The first kappa shape index (κ1) is 19.9. The Morgan fingerprint density at radius 1 is 0.933 bits per heavy atom. The number of nitrogens with zero attached hydrogens (tertiary/aromatic N) is 3. The molecule has 0 atom stereocenters. The Balaban J connectivity index is 1.77. The molecule has 0 saturated carbocycles.